The van der Waals surface area contributed by atoms with Gasteiger partial charge in [-0.1, -0.05) is 6.07 Å². The molecule has 0 aromatic carbocycles. The van der Waals surface area contributed by atoms with E-state index < -0.39 is 0 Å². The van der Waals surface area contributed by atoms with E-state index >= 15 is 0 Å². The Kier molecular flexibility index (Phi) is 4.15. The molecule has 2 aromatic heterocycles. The molecule has 1 saturated heterocycles. The maximum atomic E-state index is 13.7. The van der Waals surface area contributed by atoms with Gasteiger partial charge < -0.3 is 10.2 Å². The van der Waals surface area contributed by atoms with E-state index in [1.54, 1.807) is 0 Å². The Hall–Kier alpha value is -2.44. The van der Waals surface area contributed by atoms with Gasteiger partial charge in [-0.15, -0.1) is 10.2 Å². The topological polar surface area (TPSA) is 79.6 Å². The van der Waals surface area contributed by atoms with E-state index in [1.165, 1.54) is 19.3 Å². The van der Waals surface area contributed by atoms with Gasteiger partial charge in [0.1, 0.15) is 6.04 Å². The van der Waals surface area contributed by atoms with Crippen molar-refractivity contribution in [3.63, 3.8) is 0 Å². The Morgan fingerprint density at radius 1 is 1.07 bits per heavy atom. The quantitative estimate of drug-likeness (QED) is 0.845. The van der Waals surface area contributed by atoms with Crippen LogP contribution in [0.1, 0.15) is 57.2 Å². The van der Waals surface area contributed by atoms with Crippen LogP contribution in [0.15, 0.2) is 24.4 Å². The zero-order chi connectivity index (χ0) is 20.3. The lowest BCUT2D eigenvalue weighted by Crippen LogP contribution is -2.57. The van der Waals surface area contributed by atoms with Crippen LogP contribution < -0.4 is 5.32 Å². The second kappa shape index (κ2) is 6.79. The summed E-state index contributed by atoms with van der Waals surface area (Å²) in [5.74, 6) is 3.12. The molecule has 1 unspecified atom stereocenters. The van der Waals surface area contributed by atoms with Crippen LogP contribution in [0, 0.1) is 23.2 Å². The molecule has 158 valence electrons. The number of nitrogens with one attached hydrogen (secondary N) is 1. The molecule has 7 rings (SSSR count). The Morgan fingerprint density at radius 2 is 1.80 bits per heavy atom. The third-order valence-corrected chi connectivity index (χ3v) is 8.11. The number of rotatable bonds is 4. The molecule has 30 heavy (non-hydrogen) atoms. The third-order valence-electron chi connectivity index (χ3n) is 8.11. The second-order valence-electron chi connectivity index (χ2n) is 10.1. The third kappa shape index (κ3) is 2.85. The van der Waals surface area contributed by atoms with Crippen LogP contribution in [-0.4, -0.2) is 43.9 Å². The lowest BCUT2D eigenvalue weighted by molar-refractivity contribution is -0.160. The zero-order valence-corrected chi connectivity index (χ0v) is 17.3. The Balaban J connectivity index is 1.16. The summed E-state index contributed by atoms with van der Waals surface area (Å²) in [6.45, 7) is 1.03. The SMILES string of the molecule is O=C(NCc1nnc2ccccn12)C1CCCN1C(=O)C12CC3CC(CC(C3)C1)C2. The van der Waals surface area contributed by atoms with Gasteiger partial charge in [0.05, 0.1) is 12.0 Å². The first-order valence-corrected chi connectivity index (χ1v) is 11.5. The Labute approximate surface area is 176 Å². The highest BCUT2D eigenvalue weighted by atomic mass is 16.2. The highest BCUT2D eigenvalue weighted by Gasteiger charge is 2.56. The Bertz CT molecular complexity index is 963. The summed E-state index contributed by atoms with van der Waals surface area (Å²) in [6.07, 6.45) is 10.7. The Morgan fingerprint density at radius 3 is 2.53 bits per heavy atom. The lowest BCUT2D eigenvalue weighted by atomic mass is 9.49. The lowest BCUT2D eigenvalue weighted by Gasteiger charge is -2.56. The molecule has 3 heterocycles. The van der Waals surface area contributed by atoms with E-state index in [1.807, 2.05) is 33.7 Å². The minimum atomic E-state index is -0.343. The van der Waals surface area contributed by atoms with Crippen LogP contribution in [0.5, 0.6) is 0 Å². The van der Waals surface area contributed by atoms with Crippen molar-refractivity contribution in [3.8, 4) is 0 Å². The first-order valence-electron chi connectivity index (χ1n) is 11.5. The number of amides is 2. The average molecular weight is 408 g/mol. The maximum Gasteiger partial charge on any atom is 0.243 e. The number of fused-ring (bicyclic) bond motifs is 1. The molecule has 1 atom stereocenters. The second-order valence-corrected chi connectivity index (χ2v) is 10.1. The average Bonchev–Trinajstić information content (AvgIpc) is 3.38. The summed E-state index contributed by atoms with van der Waals surface area (Å²) in [5.41, 5.74) is 0.585. The van der Waals surface area contributed by atoms with Gasteiger partial charge in [-0.3, -0.25) is 14.0 Å². The molecule has 4 bridgehead atoms. The monoisotopic (exact) mass is 407 g/mol. The minimum absolute atomic E-state index is 0.0572. The fourth-order valence-corrected chi connectivity index (χ4v) is 7.26. The van der Waals surface area contributed by atoms with E-state index in [2.05, 4.69) is 15.5 Å². The molecule has 0 spiro atoms. The van der Waals surface area contributed by atoms with Gasteiger partial charge in [0.15, 0.2) is 11.5 Å². The largest absolute Gasteiger partial charge is 0.347 e. The highest BCUT2D eigenvalue weighted by molar-refractivity contribution is 5.91. The predicted octanol–water partition coefficient (Wildman–Crippen LogP) is 2.55. The van der Waals surface area contributed by atoms with Crippen molar-refractivity contribution in [2.24, 2.45) is 23.2 Å². The fraction of sp³-hybridized carbons (Fsp3) is 0.652. The number of carbonyl (C=O) groups is 2. The van der Waals surface area contributed by atoms with Crippen molar-refractivity contribution in [1.29, 1.82) is 0 Å². The van der Waals surface area contributed by atoms with Crippen LogP contribution in [0.25, 0.3) is 5.65 Å². The molecule has 7 nitrogen and oxygen atoms in total. The molecule has 4 saturated carbocycles. The molecule has 2 amide bonds. The number of hydrogen-bond donors (Lipinski definition) is 1. The van der Waals surface area contributed by atoms with Gasteiger partial charge in [0, 0.05) is 12.7 Å². The number of nitrogens with zero attached hydrogens (tertiary/aromatic N) is 4. The smallest absolute Gasteiger partial charge is 0.243 e. The molecule has 0 radical (unpaired) electrons. The van der Waals surface area contributed by atoms with E-state index in [0.29, 0.717) is 18.9 Å². The van der Waals surface area contributed by atoms with Crippen LogP contribution >= 0.6 is 0 Å². The summed E-state index contributed by atoms with van der Waals surface area (Å²) in [7, 11) is 0. The molecule has 2 aromatic rings. The normalized spacial score (nSPS) is 34.6. The van der Waals surface area contributed by atoms with E-state index in [9.17, 15) is 9.59 Å². The van der Waals surface area contributed by atoms with Crippen molar-refractivity contribution in [2.45, 2.75) is 64.0 Å². The van der Waals surface area contributed by atoms with Crippen molar-refractivity contribution in [3.05, 3.63) is 30.2 Å². The molecule has 1 N–H and O–H groups in total. The minimum Gasteiger partial charge on any atom is -0.347 e. The van der Waals surface area contributed by atoms with Gasteiger partial charge in [-0.05, 0) is 81.3 Å². The van der Waals surface area contributed by atoms with Crippen molar-refractivity contribution >= 4 is 17.5 Å². The highest BCUT2D eigenvalue weighted by Crippen LogP contribution is 2.60. The summed E-state index contributed by atoms with van der Waals surface area (Å²) < 4.78 is 1.88. The first kappa shape index (κ1) is 18.3. The van der Waals surface area contributed by atoms with Crippen LogP contribution in [0.2, 0.25) is 0 Å². The maximum absolute atomic E-state index is 13.7. The van der Waals surface area contributed by atoms with E-state index in [-0.39, 0.29) is 23.3 Å². The summed E-state index contributed by atoms with van der Waals surface area (Å²) >= 11 is 0. The molecule has 5 aliphatic rings. The van der Waals surface area contributed by atoms with Crippen LogP contribution in [0.4, 0.5) is 0 Å². The van der Waals surface area contributed by atoms with Crippen molar-refractivity contribution < 1.29 is 9.59 Å². The number of pyridine rings is 1. The zero-order valence-electron chi connectivity index (χ0n) is 17.3. The molecule has 4 aliphatic carbocycles. The van der Waals surface area contributed by atoms with Crippen LogP contribution in [-0.2, 0) is 16.1 Å². The van der Waals surface area contributed by atoms with Crippen molar-refractivity contribution in [1.82, 2.24) is 24.8 Å². The molecular formula is C23H29N5O2. The van der Waals surface area contributed by atoms with Gasteiger partial charge in [0.25, 0.3) is 0 Å². The van der Waals surface area contributed by atoms with Crippen LogP contribution in [0.3, 0.4) is 0 Å². The van der Waals surface area contributed by atoms with Gasteiger partial charge >= 0.3 is 0 Å². The predicted molar refractivity (Wildman–Crippen MR) is 110 cm³/mol. The number of likely N-dealkylation sites (tertiary alicyclic amines) is 1. The summed E-state index contributed by atoms with van der Waals surface area (Å²) in [4.78, 5) is 28.7. The molecular weight excluding hydrogens is 378 g/mol. The van der Waals surface area contributed by atoms with E-state index in [4.69, 9.17) is 0 Å². The molecule has 1 aliphatic heterocycles. The van der Waals surface area contributed by atoms with Gasteiger partial charge in [-0.25, -0.2) is 0 Å². The number of hydrogen-bond acceptors (Lipinski definition) is 4. The number of carbonyl (C=O) groups excluding carboxylic acids is 2. The fourth-order valence-electron chi connectivity index (χ4n) is 7.26. The van der Waals surface area contributed by atoms with Gasteiger partial charge in [-0.2, -0.15) is 0 Å². The summed E-state index contributed by atoms with van der Waals surface area (Å²) in [5, 5.41) is 11.4. The van der Waals surface area contributed by atoms with E-state index in [0.717, 1.165) is 55.5 Å². The first-order chi connectivity index (χ1) is 14.6. The molecule has 5 fully saturated rings. The summed E-state index contributed by atoms with van der Waals surface area (Å²) in [6, 6.07) is 5.38. The standard InChI is InChI=1S/C23H29N5O2/c29-21(24-14-20-26-25-19-5-1-2-6-28(19)20)18-4-3-7-27(18)22(30)23-11-15-8-16(12-23)10-17(9-15)13-23/h1-2,5-6,15-18H,3-4,7-14H2,(H,24,29). The number of aromatic nitrogens is 3. The van der Waals surface area contributed by atoms with Crippen molar-refractivity contribution in [2.75, 3.05) is 6.54 Å². The molecule has 7 heteroatoms. The van der Waals surface area contributed by atoms with Gasteiger partial charge in [0.2, 0.25) is 11.8 Å².